The molecular formula is C26H29ClN2O6. The number of imide groups is 2. The summed E-state index contributed by atoms with van der Waals surface area (Å²) in [7, 11) is 1.51. The zero-order chi connectivity index (χ0) is 25.4. The van der Waals surface area contributed by atoms with E-state index in [2.05, 4.69) is 12.2 Å². The molecule has 0 atom stereocenters. The van der Waals surface area contributed by atoms with Gasteiger partial charge < -0.3 is 14.2 Å². The monoisotopic (exact) mass is 500 g/mol. The summed E-state index contributed by atoms with van der Waals surface area (Å²) in [6.07, 6.45) is 5.59. The van der Waals surface area contributed by atoms with Crippen LogP contribution in [0.15, 0.2) is 42.0 Å². The third-order valence-electron chi connectivity index (χ3n) is 5.32. The molecule has 3 rings (SSSR count). The number of barbiturate groups is 1. The molecule has 8 nitrogen and oxygen atoms in total. The molecular weight excluding hydrogens is 472 g/mol. The summed E-state index contributed by atoms with van der Waals surface area (Å²) < 4.78 is 16.7. The van der Waals surface area contributed by atoms with Gasteiger partial charge in [0.05, 0.1) is 31.0 Å². The molecule has 0 bridgehead atoms. The normalized spacial score (nSPS) is 14.8. The van der Waals surface area contributed by atoms with E-state index in [1.54, 1.807) is 36.4 Å². The number of nitrogens with one attached hydrogen (secondary N) is 1. The minimum atomic E-state index is -0.831. The molecule has 1 saturated heterocycles. The molecule has 0 unspecified atom stereocenters. The molecule has 1 aliphatic heterocycles. The summed E-state index contributed by atoms with van der Waals surface area (Å²) in [5, 5.41) is 2.50. The second kappa shape index (κ2) is 12.3. The Bertz CT molecular complexity index is 1110. The number of carbonyl (C=O) groups excluding carboxylic acids is 3. The molecule has 0 radical (unpaired) electrons. The number of unbranched alkanes of at least 4 members (excludes halogenated alkanes) is 3. The minimum Gasteiger partial charge on any atom is -0.497 e. The summed E-state index contributed by atoms with van der Waals surface area (Å²) in [6.45, 7) is 4.85. The number of carbonyl (C=O) groups is 3. The van der Waals surface area contributed by atoms with Crippen molar-refractivity contribution < 1.29 is 28.6 Å². The number of rotatable bonds is 11. The Morgan fingerprint density at radius 2 is 1.74 bits per heavy atom. The summed E-state index contributed by atoms with van der Waals surface area (Å²) in [5.41, 5.74) is 0.540. The van der Waals surface area contributed by atoms with Crippen LogP contribution in [0.2, 0.25) is 5.02 Å². The first-order chi connectivity index (χ1) is 16.9. The van der Waals surface area contributed by atoms with Crippen LogP contribution in [0.1, 0.15) is 45.1 Å². The third kappa shape index (κ3) is 6.33. The van der Waals surface area contributed by atoms with Crippen LogP contribution in [0.3, 0.4) is 0 Å². The molecule has 9 heteroatoms. The summed E-state index contributed by atoms with van der Waals surface area (Å²) in [6, 6.07) is 8.75. The molecule has 186 valence electrons. The highest BCUT2D eigenvalue weighted by Crippen LogP contribution is 2.38. The molecule has 2 aromatic rings. The van der Waals surface area contributed by atoms with Crippen LogP contribution in [-0.2, 0) is 9.59 Å². The minimum absolute atomic E-state index is 0.216. The number of hydrogen-bond donors (Lipinski definition) is 1. The molecule has 35 heavy (non-hydrogen) atoms. The smallest absolute Gasteiger partial charge is 0.335 e. The maximum absolute atomic E-state index is 13.2. The SMILES string of the molecule is CCCCCCOc1c(Cl)cc(/C=C2\C(=O)NC(=O)N(c3ccc(OC)cc3)C2=O)cc1OCC. The van der Waals surface area contributed by atoms with Gasteiger partial charge in [-0.2, -0.15) is 0 Å². The largest absolute Gasteiger partial charge is 0.497 e. The van der Waals surface area contributed by atoms with Crippen LogP contribution in [0.5, 0.6) is 17.2 Å². The predicted octanol–water partition coefficient (Wildman–Crippen LogP) is 5.37. The number of urea groups is 1. The van der Waals surface area contributed by atoms with Crippen LogP contribution in [0.4, 0.5) is 10.5 Å². The van der Waals surface area contributed by atoms with Gasteiger partial charge in [-0.1, -0.05) is 37.8 Å². The maximum Gasteiger partial charge on any atom is 0.335 e. The fourth-order valence-electron chi connectivity index (χ4n) is 3.57. The number of benzene rings is 2. The van der Waals surface area contributed by atoms with E-state index >= 15 is 0 Å². The average Bonchev–Trinajstić information content (AvgIpc) is 2.83. The Hall–Kier alpha value is -3.52. The highest BCUT2D eigenvalue weighted by Gasteiger charge is 2.36. The highest BCUT2D eigenvalue weighted by atomic mass is 35.5. The molecule has 2 aromatic carbocycles. The van der Waals surface area contributed by atoms with Gasteiger partial charge >= 0.3 is 6.03 Å². The van der Waals surface area contributed by atoms with Crippen molar-refractivity contribution >= 4 is 41.2 Å². The van der Waals surface area contributed by atoms with E-state index in [1.807, 2.05) is 6.92 Å². The van der Waals surface area contributed by atoms with Crippen LogP contribution in [0, 0.1) is 0 Å². The Labute approximate surface area is 209 Å². The molecule has 4 amide bonds. The summed E-state index contributed by atoms with van der Waals surface area (Å²) in [4.78, 5) is 39.0. The molecule has 0 saturated carbocycles. The van der Waals surface area contributed by atoms with Gasteiger partial charge in [-0.3, -0.25) is 14.9 Å². The van der Waals surface area contributed by atoms with Crippen molar-refractivity contribution in [3.05, 3.63) is 52.6 Å². The van der Waals surface area contributed by atoms with Gasteiger partial charge in [-0.25, -0.2) is 9.69 Å². The van der Waals surface area contributed by atoms with Gasteiger partial charge in [-0.15, -0.1) is 0 Å². The van der Waals surface area contributed by atoms with E-state index in [4.69, 9.17) is 25.8 Å². The Kier molecular flexibility index (Phi) is 9.14. The lowest BCUT2D eigenvalue weighted by Gasteiger charge is -2.26. The summed E-state index contributed by atoms with van der Waals surface area (Å²) >= 11 is 6.48. The van der Waals surface area contributed by atoms with E-state index in [1.165, 1.54) is 13.2 Å². The van der Waals surface area contributed by atoms with Gasteiger partial charge in [0.15, 0.2) is 11.5 Å². The van der Waals surface area contributed by atoms with Crippen molar-refractivity contribution in [1.29, 1.82) is 0 Å². The zero-order valence-corrected chi connectivity index (χ0v) is 20.8. The van der Waals surface area contributed by atoms with Crippen molar-refractivity contribution in [2.24, 2.45) is 0 Å². The van der Waals surface area contributed by atoms with E-state index in [0.717, 1.165) is 30.6 Å². The van der Waals surface area contributed by atoms with Crippen molar-refractivity contribution in [3.8, 4) is 17.2 Å². The van der Waals surface area contributed by atoms with Gasteiger partial charge in [0.1, 0.15) is 11.3 Å². The van der Waals surface area contributed by atoms with Crippen molar-refractivity contribution in [1.82, 2.24) is 5.32 Å². The third-order valence-corrected chi connectivity index (χ3v) is 5.60. The molecule has 0 spiro atoms. The van der Waals surface area contributed by atoms with Gasteiger partial charge in [0.25, 0.3) is 11.8 Å². The molecule has 1 heterocycles. The average molecular weight is 501 g/mol. The van der Waals surface area contributed by atoms with E-state index < -0.39 is 17.8 Å². The Balaban J connectivity index is 1.89. The quantitative estimate of drug-likeness (QED) is 0.253. The highest BCUT2D eigenvalue weighted by molar-refractivity contribution is 6.39. The fraction of sp³-hybridized carbons (Fsp3) is 0.346. The first-order valence-electron chi connectivity index (χ1n) is 11.5. The number of hydrogen-bond acceptors (Lipinski definition) is 6. The lowest BCUT2D eigenvalue weighted by atomic mass is 10.1. The van der Waals surface area contributed by atoms with E-state index in [-0.39, 0.29) is 5.57 Å². The molecule has 0 aromatic heterocycles. The predicted molar refractivity (Wildman–Crippen MR) is 134 cm³/mol. The Morgan fingerprint density at radius 1 is 1.00 bits per heavy atom. The Morgan fingerprint density at radius 3 is 2.40 bits per heavy atom. The molecule has 1 N–H and O–H groups in total. The summed E-state index contributed by atoms with van der Waals surface area (Å²) in [5.74, 6) is -0.156. The van der Waals surface area contributed by atoms with E-state index in [0.29, 0.717) is 46.7 Å². The lowest BCUT2D eigenvalue weighted by molar-refractivity contribution is -0.122. The number of anilines is 1. The molecule has 0 aliphatic carbocycles. The van der Waals surface area contributed by atoms with Gasteiger partial charge in [-0.05, 0) is 61.4 Å². The second-order valence-corrected chi connectivity index (χ2v) is 8.24. The first-order valence-corrected chi connectivity index (χ1v) is 11.9. The van der Waals surface area contributed by atoms with Crippen molar-refractivity contribution in [3.63, 3.8) is 0 Å². The first kappa shape index (κ1) is 26.1. The number of methoxy groups -OCH3 is 1. The van der Waals surface area contributed by atoms with Crippen molar-refractivity contribution in [2.45, 2.75) is 39.5 Å². The topological polar surface area (TPSA) is 94.2 Å². The maximum atomic E-state index is 13.2. The molecule has 1 aliphatic rings. The standard InChI is InChI=1S/C26H29ClN2O6/c1-4-6-7-8-13-35-23-21(27)15-17(16-22(23)34-5-2)14-20-24(30)28-26(32)29(25(20)31)18-9-11-19(33-3)12-10-18/h9-12,14-16H,4-8,13H2,1-3H3,(H,28,30,32)/b20-14+. The van der Waals surface area contributed by atoms with Crippen LogP contribution >= 0.6 is 11.6 Å². The molecule has 1 fully saturated rings. The van der Waals surface area contributed by atoms with Crippen LogP contribution in [-0.4, -0.2) is 38.2 Å². The van der Waals surface area contributed by atoms with Gasteiger partial charge in [0.2, 0.25) is 0 Å². The van der Waals surface area contributed by atoms with Crippen molar-refractivity contribution in [2.75, 3.05) is 25.2 Å². The number of amides is 4. The van der Waals surface area contributed by atoms with Gasteiger partial charge in [0, 0.05) is 0 Å². The fourth-order valence-corrected chi connectivity index (χ4v) is 3.84. The second-order valence-electron chi connectivity index (χ2n) is 7.83. The van der Waals surface area contributed by atoms with E-state index in [9.17, 15) is 14.4 Å². The number of ether oxygens (including phenoxy) is 3. The lowest BCUT2D eigenvalue weighted by Crippen LogP contribution is -2.54. The van der Waals surface area contributed by atoms with Crippen LogP contribution < -0.4 is 24.4 Å². The number of halogens is 1. The number of nitrogens with zero attached hydrogens (tertiary/aromatic N) is 1. The van der Waals surface area contributed by atoms with Crippen LogP contribution in [0.25, 0.3) is 6.08 Å². The zero-order valence-electron chi connectivity index (χ0n) is 20.1.